The fourth-order valence-electron chi connectivity index (χ4n) is 5.05. The second-order valence-electron chi connectivity index (χ2n) is 9.27. The Balaban J connectivity index is 1.32. The third-order valence-electron chi connectivity index (χ3n) is 6.80. The van der Waals surface area contributed by atoms with E-state index in [2.05, 4.69) is 26.9 Å². The van der Waals surface area contributed by atoms with Crippen LogP contribution in [0.5, 0.6) is 0 Å². The summed E-state index contributed by atoms with van der Waals surface area (Å²) in [6, 6.07) is 10.2. The molecular formula is C23H30N4O3S2. The van der Waals surface area contributed by atoms with Crippen LogP contribution in [0.3, 0.4) is 0 Å². The van der Waals surface area contributed by atoms with Crippen LogP contribution >= 0.6 is 11.8 Å². The molecule has 172 valence electrons. The smallest absolute Gasteiger partial charge is 0.233 e. The van der Waals surface area contributed by atoms with Crippen molar-refractivity contribution in [3.05, 3.63) is 41.7 Å². The van der Waals surface area contributed by atoms with E-state index in [1.165, 1.54) is 17.3 Å². The molecule has 1 aromatic carbocycles. The molecule has 1 amide bonds. The fourth-order valence-corrected chi connectivity index (χ4v) is 7.57. The maximum atomic E-state index is 13.4. The molecule has 2 heterocycles. The van der Waals surface area contributed by atoms with Gasteiger partial charge in [0.15, 0.2) is 15.0 Å². The molecule has 0 radical (unpaired) electrons. The summed E-state index contributed by atoms with van der Waals surface area (Å²) in [6.07, 6.45) is 7.01. The second kappa shape index (κ2) is 9.17. The van der Waals surface area contributed by atoms with Crippen LogP contribution in [0.2, 0.25) is 0 Å². The first-order chi connectivity index (χ1) is 15.5. The van der Waals surface area contributed by atoms with Crippen molar-refractivity contribution in [3.8, 4) is 0 Å². The molecule has 1 aromatic heterocycles. The van der Waals surface area contributed by atoms with Crippen LogP contribution in [0, 0.1) is 0 Å². The molecule has 1 aliphatic heterocycles. The van der Waals surface area contributed by atoms with Crippen LogP contribution in [-0.2, 0) is 21.2 Å². The summed E-state index contributed by atoms with van der Waals surface area (Å²) >= 11 is 1.43. The number of benzene rings is 1. The third-order valence-corrected chi connectivity index (χ3v) is 9.51. The van der Waals surface area contributed by atoms with Gasteiger partial charge in [0.25, 0.3) is 0 Å². The lowest BCUT2D eigenvalue weighted by Gasteiger charge is -2.34. The maximum Gasteiger partial charge on any atom is 0.233 e. The average molecular weight is 475 g/mol. The molecule has 7 nitrogen and oxygen atoms in total. The van der Waals surface area contributed by atoms with Gasteiger partial charge in [-0.2, -0.15) is 0 Å². The van der Waals surface area contributed by atoms with Crippen molar-refractivity contribution in [2.24, 2.45) is 0 Å². The molecule has 2 aliphatic carbocycles. The number of amides is 1. The summed E-state index contributed by atoms with van der Waals surface area (Å²) in [5, 5.41) is 9.66. The van der Waals surface area contributed by atoms with Gasteiger partial charge in [0.2, 0.25) is 5.91 Å². The molecule has 2 saturated carbocycles. The normalized spacial score (nSPS) is 22.9. The van der Waals surface area contributed by atoms with Gasteiger partial charge in [0.05, 0.1) is 23.8 Å². The van der Waals surface area contributed by atoms with Gasteiger partial charge in [-0.1, -0.05) is 54.9 Å². The van der Waals surface area contributed by atoms with E-state index >= 15 is 0 Å². The number of carbonyl (C=O) groups is 1. The Kier molecular flexibility index (Phi) is 6.29. The summed E-state index contributed by atoms with van der Waals surface area (Å²) < 4.78 is 26.3. The average Bonchev–Trinajstić information content (AvgIpc) is 3.16. The molecule has 3 aliphatic rings. The summed E-state index contributed by atoms with van der Waals surface area (Å²) in [6.45, 7) is 0.698. The number of aromatic nitrogens is 3. The molecule has 32 heavy (non-hydrogen) atoms. The molecule has 1 atom stereocenters. The van der Waals surface area contributed by atoms with Crippen molar-refractivity contribution < 1.29 is 13.2 Å². The summed E-state index contributed by atoms with van der Waals surface area (Å²) in [5.74, 6) is 2.08. The van der Waals surface area contributed by atoms with E-state index in [4.69, 9.17) is 0 Å². The van der Waals surface area contributed by atoms with Crippen LogP contribution in [0.1, 0.15) is 62.3 Å². The SMILES string of the molecule is O=C(CSc1nnc(C2CC2)n1Cc1ccccc1)N(C1CCCC1)[C@@H]1CCS(=O)(=O)C1. The van der Waals surface area contributed by atoms with Crippen LogP contribution in [0.4, 0.5) is 0 Å². The fraction of sp³-hybridized carbons (Fsp3) is 0.609. The first kappa shape index (κ1) is 21.9. The van der Waals surface area contributed by atoms with E-state index in [1.807, 2.05) is 23.1 Å². The van der Waals surface area contributed by atoms with Gasteiger partial charge in [0, 0.05) is 18.0 Å². The number of nitrogens with zero attached hydrogens (tertiary/aromatic N) is 4. The van der Waals surface area contributed by atoms with Crippen molar-refractivity contribution in [1.82, 2.24) is 19.7 Å². The predicted molar refractivity (Wildman–Crippen MR) is 124 cm³/mol. The molecule has 0 unspecified atom stereocenters. The van der Waals surface area contributed by atoms with Gasteiger partial charge in [0.1, 0.15) is 5.82 Å². The van der Waals surface area contributed by atoms with Crippen LogP contribution in [-0.4, -0.2) is 63.3 Å². The van der Waals surface area contributed by atoms with E-state index < -0.39 is 9.84 Å². The number of thioether (sulfide) groups is 1. The lowest BCUT2D eigenvalue weighted by Crippen LogP contribution is -2.47. The van der Waals surface area contributed by atoms with Crippen molar-refractivity contribution >= 4 is 27.5 Å². The summed E-state index contributed by atoms with van der Waals surface area (Å²) in [7, 11) is -3.04. The Morgan fingerprint density at radius 2 is 1.78 bits per heavy atom. The molecule has 5 rings (SSSR count). The van der Waals surface area contributed by atoms with Crippen LogP contribution < -0.4 is 0 Å². The molecule has 2 aromatic rings. The lowest BCUT2D eigenvalue weighted by molar-refractivity contribution is -0.132. The van der Waals surface area contributed by atoms with E-state index in [-0.39, 0.29) is 35.2 Å². The van der Waals surface area contributed by atoms with E-state index in [1.54, 1.807) is 0 Å². The van der Waals surface area contributed by atoms with Crippen LogP contribution in [0.25, 0.3) is 0 Å². The molecule has 3 fully saturated rings. The zero-order valence-corrected chi connectivity index (χ0v) is 19.9. The third kappa shape index (κ3) is 4.88. The topological polar surface area (TPSA) is 85.2 Å². The van der Waals surface area contributed by atoms with Gasteiger partial charge in [-0.15, -0.1) is 10.2 Å². The quantitative estimate of drug-likeness (QED) is 0.546. The molecule has 0 bridgehead atoms. The molecular weight excluding hydrogens is 444 g/mol. The number of hydrogen-bond donors (Lipinski definition) is 0. The number of rotatable bonds is 8. The van der Waals surface area contributed by atoms with E-state index in [0.29, 0.717) is 18.9 Å². The predicted octanol–water partition coefficient (Wildman–Crippen LogP) is 3.25. The maximum absolute atomic E-state index is 13.4. The highest BCUT2D eigenvalue weighted by Gasteiger charge is 2.39. The molecule has 0 spiro atoms. The second-order valence-corrected chi connectivity index (χ2v) is 12.4. The zero-order chi connectivity index (χ0) is 22.1. The van der Waals surface area contributed by atoms with Crippen molar-refractivity contribution in [3.63, 3.8) is 0 Å². The zero-order valence-electron chi connectivity index (χ0n) is 18.2. The highest BCUT2D eigenvalue weighted by molar-refractivity contribution is 7.99. The van der Waals surface area contributed by atoms with Gasteiger partial charge in [-0.05, 0) is 37.7 Å². The number of sulfone groups is 1. The molecule has 9 heteroatoms. The molecule has 0 N–H and O–H groups in total. The van der Waals surface area contributed by atoms with Gasteiger partial charge >= 0.3 is 0 Å². The Morgan fingerprint density at radius 3 is 2.44 bits per heavy atom. The summed E-state index contributed by atoms with van der Waals surface area (Å²) in [5.41, 5.74) is 1.19. The van der Waals surface area contributed by atoms with E-state index in [0.717, 1.165) is 49.5 Å². The first-order valence-corrected chi connectivity index (χ1v) is 14.4. The van der Waals surface area contributed by atoms with Crippen molar-refractivity contribution in [1.29, 1.82) is 0 Å². The van der Waals surface area contributed by atoms with Crippen molar-refractivity contribution in [2.45, 2.75) is 74.6 Å². The van der Waals surface area contributed by atoms with Gasteiger partial charge in [-0.3, -0.25) is 4.79 Å². The minimum atomic E-state index is -3.04. The lowest BCUT2D eigenvalue weighted by atomic mass is 10.1. The first-order valence-electron chi connectivity index (χ1n) is 11.6. The monoisotopic (exact) mass is 474 g/mol. The Labute approximate surface area is 193 Å². The van der Waals surface area contributed by atoms with Gasteiger partial charge < -0.3 is 9.47 Å². The van der Waals surface area contributed by atoms with E-state index in [9.17, 15) is 13.2 Å². The number of hydrogen-bond acceptors (Lipinski definition) is 6. The Hall–Kier alpha value is -1.87. The summed E-state index contributed by atoms with van der Waals surface area (Å²) in [4.78, 5) is 15.3. The largest absolute Gasteiger partial charge is 0.335 e. The minimum absolute atomic E-state index is 0.0335. The minimum Gasteiger partial charge on any atom is -0.335 e. The number of carbonyl (C=O) groups excluding carboxylic acids is 1. The molecule has 1 saturated heterocycles. The Bertz CT molecular complexity index is 1060. The standard InChI is InChI=1S/C23H30N4O3S2/c28-21(27(19-8-4-5-9-19)20-12-13-32(29,30)16-20)15-31-23-25-24-22(18-10-11-18)26(23)14-17-6-2-1-3-7-17/h1-3,6-7,18-20H,4-5,8-16H2/t20-/m1/s1. The van der Waals surface area contributed by atoms with Crippen molar-refractivity contribution in [2.75, 3.05) is 17.3 Å². The Morgan fingerprint density at radius 1 is 1.03 bits per heavy atom. The highest BCUT2D eigenvalue weighted by Crippen LogP contribution is 2.40. The van der Waals surface area contributed by atoms with Crippen LogP contribution in [0.15, 0.2) is 35.5 Å². The van der Waals surface area contributed by atoms with Gasteiger partial charge in [-0.25, -0.2) is 8.42 Å². The highest BCUT2D eigenvalue weighted by atomic mass is 32.2.